The zero-order valence-electron chi connectivity index (χ0n) is 11.0. The lowest BCUT2D eigenvalue weighted by Crippen LogP contribution is -2.47. The largest absolute Gasteiger partial charge is 0.385 e. The first-order chi connectivity index (χ1) is 8.62. The van der Waals surface area contributed by atoms with Gasteiger partial charge in [-0.05, 0) is 49.9 Å². The Balaban J connectivity index is 1.93. The number of benzene rings is 1. The summed E-state index contributed by atoms with van der Waals surface area (Å²) in [5.74, 6) is 0. The highest BCUT2D eigenvalue weighted by Gasteiger charge is 2.46. The molecule has 1 aromatic carbocycles. The molecule has 96 valence electrons. The fourth-order valence-electron chi connectivity index (χ4n) is 3.64. The third-order valence-electron chi connectivity index (χ3n) is 4.79. The van der Waals surface area contributed by atoms with E-state index in [2.05, 4.69) is 30.7 Å². The predicted octanol–water partition coefficient (Wildman–Crippen LogP) is 2.77. The van der Waals surface area contributed by atoms with Crippen molar-refractivity contribution in [2.75, 3.05) is 7.05 Å². The second-order valence-electron chi connectivity index (χ2n) is 5.82. The molecule has 2 heteroatoms. The van der Waals surface area contributed by atoms with Gasteiger partial charge in [0.1, 0.15) is 0 Å². The molecule has 2 saturated heterocycles. The van der Waals surface area contributed by atoms with E-state index in [1.165, 1.54) is 12.8 Å². The maximum Gasteiger partial charge on any atom is 0.0926 e. The molecule has 3 rings (SSSR count). The molecule has 2 heterocycles. The highest BCUT2D eigenvalue weighted by molar-refractivity contribution is 5.49. The van der Waals surface area contributed by atoms with Crippen LogP contribution in [0.1, 0.15) is 36.8 Å². The second-order valence-corrected chi connectivity index (χ2v) is 5.82. The van der Waals surface area contributed by atoms with E-state index >= 15 is 0 Å². The molecule has 2 aliphatic rings. The van der Waals surface area contributed by atoms with E-state index in [9.17, 15) is 5.11 Å². The summed E-state index contributed by atoms with van der Waals surface area (Å²) in [6.07, 6.45) is 6.02. The molecule has 1 aromatic rings. The van der Waals surface area contributed by atoms with Gasteiger partial charge in [0.05, 0.1) is 5.60 Å². The Bertz CT molecular complexity index is 454. The molecule has 0 saturated carbocycles. The van der Waals surface area contributed by atoms with Gasteiger partial charge in [-0.3, -0.25) is 0 Å². The van der Waals surface area contributed by atoms with Gasteiger partial charge < -0.3 is 10.0 Å². The van der Waals surface area contributed by atoms with E-state index in [-0.39, 0.29) is 0 Å². The van der Waals surface area contributed by atoms with E-state index < -0.39 is 5.60 Å². The molecule has 0 amide bonds. The van der Waals surface area contributed by atoms with Gasteiger partial charge in [-0.1, -0.05) is 30.9 Å². The minimum absolute atomic E-state index is 0.543. The first-order valence-corrected chi connectivity index (χ1v) is 6.80. The van der Waals surface area contributed by atoms with E-state index in [0.717, 1.165) is 24.0 Å². The molecule has 2 nitrogen and oxygen atoms in total. The van der Waals surface area contributed by atoms with Gasteiger partial charge in [0, 0.05) is 12.1 Å². The number of piperidine rings is 1. The summed E-state index contributed by atoms with van der Waals surface area (Å²) in [5.41, 5.74) is 1.51. The van der Waals surface area contributed by atoms with Crippen LogP contribution in [-0.4, -0.2) is 29.1 Å². The average Bonchev–Trinajstić information content (AvgIpc) is 2.63. The zero-order chi connectivity index (χ0) is 12.8. The molecule has 1 N–H and O–H groups in total. The number of hydrogen-bond acceptors (Lipinski definition) is 2. The summed E-state index contributed by atoms with van der Waals surface area (Å²) in [6.45, 7) is 3.80. The number of fused-ring (bicyclic) bond motifs is 2. The second kappa shape index (κ2) is 4.22. The molecule has 2 aliphatic heterocycles. The van der Waals surface area contributed by atoms with Gasteiger partial charge in [-0.25, -0.2) is 0 Å². The van der Waals surface area contributed by atoms with E-state index in [1.807, 2.05) is 18.2 Å². The average molecular weight is 243 g/mol. The first kappa shape index (κ1) is 11.9. The lowest BCUT2D eigenvalue weighted by molar-refractivity contribution is -0.0493. The molecule has 18 heavy (non-hydrogen) atoms. The van der Waals surface area contributed by atoms with Gasteiger partial charge in [0.25, 0.3) is 0 Å². The van der Waals surface area contributed by atoms with Crippen LogP contribution in [0.5, 0.6) is 0 Å². The van der Waals surface area contributed by atoms with Crippen LogP contribution in [0.3, 0.4) is 0 Å². The van der Waals surface area contributed by atoms with Crippen molar-refractivity contribution in [3.8, 4) is 0 Å². The summed E-state index contributed by atoms with van der Waals surface area (Å²) >= 11 is 0. The van der Waals surface area contributed by atoms with Crippen molar-refractivity contribution in [1.82, 2.24) is 4.90 Å². The molecule has 0 aromatic heterocycles. The Morgan fingerprint density at radius 1 is 1.33 bits per heavy atom. The molecular weight excluding hydrogens is 222 g/mol. The maximum atomic E-state index is 11.0. The van der Waals surface area contributed by atoms with E-state index in [4.69, 9.17) is 0 Å². The SMILES string of the molecule is C=Cc1cccc(C2(O)CC3CCC(C2)N3C)c1. The number of rotatable bonds is 2. The van der Waals surface area contributed by atoms with Crippen LogP contribution in [0.25, 0.3) is 6.08 Å². The van der Waals surface area contributed by atoms with Crippen molar-refractivity contribution in [2.45, 2.75) is 43.4 Å². The molecule has 0 aliphatic carbocycles. The van der Waals surface area contributed by atoms with Crippen molar-refractivity contribution in [3.63, 3.8) is 0 Å². The predicted molar refractivity (Wildman–Crippen MR) is 74.2 cm³/mol. The van der Waals surface area contributed by atoms with Crippen molar-refractivity contribution in [3.05, 3.63) is 42.0 Å². The minimum atomic E-state index is -0.642. The molecular formula is C16H21NO. The van der Waals surface area contributed by atoms with Crippen molar-refractivity contribution in [1.29, 1.82) is 0 Å². The van der Waals surface area contributed by atoms with Gasteiger partial charge >= 0.3 is 0 Å². The third-order valence-corrected chi connectivity index (χ3v) is 4.79. The third kappa shape index (κ3) is 1.80. The molecule has 2 fully saturated rings. The quantitative estimate of drug-likeness (QED) is 0.863. The normalized spacial score (nSPS) is 35.7. The van der Waals surface area contributed by atoms with E-state index in [1.54, 1.807) is 0 Å². The van der Waals surface area contributed by atoms with E-state index in [0.29, 0.717) is 12.1 Å². The van der Waals surface area contributed by atoms with Crippen molar-refractivity contribution >= 4 is 6.08 Å². The van der Waals surface area contributed by atoms with Gasteiger partial charge in [-0.15, -0.1) is 0 Å². The van der Waals surface area contributed by atoms with Crippen LogP contribution in [0.15, 0.2) is 30.8 Å². The van der Waals surface area contributed by atoms with Gasteiger partial charge in [-0.2, -0.15) is 0 Å². The van der Waals surface area contributed by atoms with Crippen LogP contribution >= 0.6 is 0 Å². The number of hydrogen-bond donors (Lipinski definition) is 1. The lowest BCUT2D eigenvalue weighted by atomic mass is 9.80. The summed E-state index contributed by atoms with van der Waals surface area (Å²) in [7, 11) is 2.20. The lowest BCUT2D eigenvalue weighted by Gasteiger charge is -2.42. The Labute approximate surface area is 109 Å². The Morgan fingerprint density at radius 3 is 2.61 bits per heavy atom. The molecule has 2 atom stereocenters. The summed E-state index contributed by atoms with van der Waals surface area (Å²) < 4.78 is 0. The smallest absolute Gasteiger partial charge is 0.0926 e. The molecule has 0 spiro atoms. The first-order valence-electron chi connectivity index (χ1n) is 6.80. The number of aliphatic hydroxyl groups is 1. The highest BCUT2D eigenvalue weighted by Crippen LogP contribution is 2.44. The molecule has 0 radical (unpaired) electrons. The van der Waals surface area contributed by atoms with Crippen molar-refractivity contribution in [2.24, 2.45) is 0 Å². The fraction of sp³-hybridized carbons (Fsp3) is 0.500. The molecule has 2 bridgehead atoms. The van der Waals surface area contributed by atoms with Crippen LogP contribution in [-0.2, 0) is 5.60 Å². The van der Waals surface area contributed by atoms with Gasteiger partial charge in [0.2, 0.25) is 0 Å². The number of nitrogens with zero attached hydrogens (tertiary/aromatic N) is 1. The summed E-state index contributed by atoms with van der Waals surface area (Å²) in [4.78, 5) is 2.45. The monoisotopic (exact) mass is 243 g/mol. The summed E-state index contributed by atoms with van der Waals surface area (Å²) in [5, 5.41) is 11.0. The Hall–Kier alpha value is -1.12. The van der Waals surface area contributed by atoms with Gasteiger partial charge in [0.15, 0.2) is 0 Å². The van der Waals surface area contributed by atoms with Crippen LogP contribution in [0, 0.1) is 0 Å². The van der Waals surface area contributed by atoms with Crippen LogP contribution in [0.2, 0.25) is 0 Å². The topological polar surface area (TPSA) is 23.5 Å². The summed E-state index contributed by atoms with van der Waals surface area (Å²) in [6, 6.07) is 9.27. The Morgan fingerprint density at radius 2 is 2.00 bits per heavy atom. The maximum absolute atomic E-state index is 11.0. The molecule has 2 unspecified atom stereocenters. The fourth-order valence-corrected chi connectivity index (χ4v) is 3.64. The highest BCUT2D eigenvalue weighted by atomic mass is 16.3. The van der Waals surface area contributed by atoms with Crippen molar-refractivity contribution < 1.29 is 5.11 Å². The van der Waals surface area contributed by atoms with Crippen LogP contribution in [0.4, 0.5) is 0 Å². The van der Waals surface area contributed by atoms with Crippen LogP contribution < -0.4 is 0 Å². The zero-order valence-corrected chi connectivity index (χ0v) is 11.0. The minimum Gasteiger partial charge on any atom is -0.385 e. The standard InChI is InChI=1S/C16H21NO/c1-3-12-5-4-6-13(9-12)16(18)10-14-7-8-15(11-16)17(14)2/h3-6,9,14-15,18H,1,7-8,10-11H2,2H3. The Kier molecular flexibility index (Phi) is 2.80.